The zero-order chi connectivity index (χ0) is 20.6. The molecule has 0 aromatic heterocycles. The van der Waals surface area contributed by atoms with Crippen LogP contribution in [0.4, 0.5) is 5.69 Å². The lowest BCUT2D eigenvalue weighted by atomic mass is 10.1. The molecule has 1 aromatic rings. The number of hydrogen-bond donors (Lipinski definition) is 2. The quantitative estimate of drug-likeness (QED) is 0.325. The van der Waals surface area contributed by atoms with Gasteiger partial charge in [0, 0.05) is 57.1 Å². The largest absolute Gasteiger partial charge is 0.376 e. The van der Waals surface area contributed by atoms with Crippen molar-refractivity contribution < 1.29 is 9.53 Å². The summed E-state index contributed by atoms with van der Waals surface area (Å²) in [7, 11) is 3.49. The van der Waals surface area contributed by atoms with Crippen LogP contribution in [0.3, 0.4) is 0 Å². The molecule has 7 nitrogen and oxygen atoms in total. The molecule has 2 atom stereocenters. The topological polar surface area (TPSA) is 69.2 Å². The Morgan fingerprint density at radius 1 is 1.27 bits per heavy atom. The Hall–Kier alpha value is -1.26. The number of halogens is 2. The highest BCUT2D eigenvalue weighted by Crippen LogP contribution is 2.22. The molecule has 2 fully saturated rings. The second kappa shape index (κ2) is 12.6. The highest BCUT2D eigenvalue weighted by atomic mass is 127. The second-order valence-corrected chi connectivity index (χ2v) is 8.31. The number of nitrogens with one attached hydrogen (secondary N) is 2. The van der Waals surface area contributed by atoms with Crippen LogP contribution in [0.25, 0.3) is 0 Å². The van der Waals surface area contributed by atoms with Gasteiger partial charge in [0.1, 0.15) is 6.54 Å². The van der Waals surface area contributed by atoms with Crippen LogP contribution in [-0.4, -0.2) is 75.8 Å². The van der Waals surface area contributed by atoms with Crippen molar-refractivity contribution in [3.63, 3.8) is 0 Å². The highest BCUT2D eigenvalue weighted by molar-refractivity contribution is 14.0. The molecule has 2 aliphatic rings. The van der Waals surface area contributed by atoms with Crippen LogP contribution in [0.5, 0.6) is 0 Å². The number of amides is 1. The van der Waals surface area contributed by atoms with Crippen LogP contribution in [0.2, 0.25) is 5.02 Å². The molecule has 30 heavy (non-hydrogen) atoms. The van der Waals surface area contributed by atoms with Crippen LogP contribution in [0.15, 0.2) is 29.3 Å². The number of benzene rings is 1. The van der Waals surface area contributed by atoms with Gasteiger partial charge in [-0.2, -0.15) is 0 Å². The summed E-state index contributed by atoms with van der Waals surface area (Å²) < 4.78 is 5.81. The van der Waals surface area contributed by atoms with E-state index in [9.17, 15) is 4.79 Å². The van der Waals surface area contributed by atoms with E-state index in [1.807, 2.05) is 24.3 Å². The fourth-order valence-electron chi connectivity index (χ4n) is 3.58. The van der Waals surface area contributed by atoms with Gasteiger partial charge in [0.25, 0.3) is 0 Å². The number of anilines is 1. The lowest BCUT2D eigenvalue weighted by Crippen LogP contribution is -2.47. The normalized spacial score (nSPS) is 21.7. The molecule has 0 bridgehead atoms. The maximum Gasteiger partial charge on any atom is 0.243 e. The molecular formula is C21H33ClIN5O2. The van der Waals surface area contributed by atoms with Crippen LogP contribution in [-0.2, 0) is 9.53 Å². The van der Waals surface area contributed by atoms with Gasteiger partial charge in [0.15, 0.2) is 5.96 Å². The number of likely N-dealkylation sites (N-methyl/N-ethyl adjacent to an activating group) is 1. The number of nitrogens with zero attached hydrogens (tertiary/aromatic N) is 3. The molecule has 2 N–H and O–H groups in total. The maximum atomic E-state index is 12.0. The Morgan fingerprint density at radius 2 is 2.03 bits per heavy atom. The van der Waals surface area contributed by atoms with Crippen molar-refractivity contribution in [2.45, 2.75) is 37.8 Å². The number of guanidine groups is 1. The molecule has 0 spiro atoms. The number of ether oxygens (including phenoxy) is 1. The zero-order valence-electron chi connectivity index (χ0n) is 17.8. The number of hydrogen-bond acceptors (Lipinski definition) is 4. The summed E-state index contributed by atoms with van der Waals surface area (Å²) in [6.45, 7) is 3.50. The smallest absolute Gasteiger partial charge is 0.243 e. The minimum absolute atomic E-state index is 0. The first-order chi connectivity index (χ1) is 14.0. The SMILES string of the molecule is CN(C)C(=O)CN=C(NCC1CCCCO1)NC1CCN(c2ccc(Cl)cc2)C1.I. The number of aliphatic imine (C=N–C) groups is 1. The molecule has 2 aliphatic heterocycles. The van der Waals surface area contributed by atoms with Crippen LogP contribution in [0, 0.1) is 0 Å². The van der Waals surface area contributed by atoms with Gasteiger partial charge in [-0.25, -0.2) is 4.99 Å². The van der Waals surface area contributed by atoms with Crippen LogP contribution < -0.4 is 15.5 Å². The van der Waals surface area contributed by atoms with Gasteiger partial charge in [0.2, 0.25) is 5.91 Å². The standard InChI is InChI=1S/C21H32ClN5O2.HI/c1-26(2)20(28)14-24-21(23-13-19-5-3-4-12-29-19)25-17-10-11-27(15-17)18-8-6-16(22)7-9-18;/h6-9,17,19H,3-5,10-15H2,1-2H3,(H2,23,24,25);1H. The summed E-state index contributed by atoms with van der Waals surface area (Å²) in [5.74, 6) is 0.659. The molecule has 2 unspecified atom stereocenters. The Balaban J connectivity index is 0.00000320. The average molecular weight is 550 g/mol. The summed E-state index contributed by atoms with van der Waals surface area (Å²) >= 11 is 6.00. The number of rotatable bonds is 6. The summed E-state index contributed by atoms with van der Waals surface area (Å²) in [5, 5.41) is 7.63. The average Bonchev–Trinajstić information content (AvgIpc) is 3.19. The summed E-state index contributed by atoms with van der Waals surface area (Å²) in [5.41, 5.74) is 1.17. The molecule has 0 saturated carbocycles. The molecule has 1 amide bonds. The predicted octanol–water partition coefficient (Wildman–Crippen LogP) is 2.73. The van der Waals surface area contributed by atoms with Crippen molar-refractivity contribution in [2.24, 2.45) is 4.99 Å². The minimum atomic E-state index is -0.0192. The van der Waals surface area contributed by atoms with Crippen molar-refractivity contribution in [3.05, 3.63) is 29.3 Å². The monoisotopic (exact) mass is 549 g/mol. The Labute approximate surface area is 201 Å². The first-order valence-electron chi connectivity index (χ1n) is 10.4. The molecular weight excluding hydrogens is 517 g/mol. The van der Waals surface area contributed by atoms with Gasteiger partial charge in [-0.1, -0.05) is 11.6 Å². The second-order valence-electron chi connectivity index (χ2n) is 7.87. The third kappa shape index (κ3) is 7.77. The molecule has 2 heterocycles. The van der Waals surface area contributed by atoms with Crippen molar-refractivity contribution in [1.29, 1.82) is 0 Å². The van der Waals surface area contributed by atoms with E-state index in [4.69, 9.17) is 16.3 Å². The number of carbonyl (C=O) groups is 1. The fraction of sp³-hybridized carbons (Fsp3) is 0.619. The molecule has 0 aliphatic carbocycles. The molecule has 1 aromatic carbocycles. The van der Waals surface area contributed by atoms with Gasteiger partial charge >= 0.3 is 0 Å². The summed E-state index contributed by atoms with van der Waals surface area (Å²) in [4.78, 5) is 20.4. The molecule has 168 valence electrons. The summed E-state index contributed by atoms with van der Waals surface area (Å²) in [6.07, 6.45) is 4.60. The summed E-state index contributed by atoms with van der Waals surface area (Å²) in [6, 6.07) is 8.20. The molecule has 0 radical (unpaired) electrons. The van der Waals surface area contributed by atoms with Gasteiger partial charge in [-0.05, 0) is 49.9 Å². The Kier molecular flexibility index (Phi) is 10.5. The van der Waals surface area contributed by atoms with Crippen molar-refractivity contribution in [3.8, 4) is 0 Å². The van der Waals surface area contributed by atoms with E-state index in [1.54, 1.807) is 19.0 Å². The van der Waals surface area contributed by atoms with Crippen molar-refractivity contribution >= 4 is 53.1 Å². The lowest BCUT2D eigenvalue weighted by molar-refractivity contribution is -0.127. The number of carbonyl (C=O) groups excluding carboxylic acids is 1. The van der Waals surface area contributed by atoms with E-state index in [2.05, 4.69) is 20.5 Å². The van der Waals surface area contributed by atoms with Crippen molar-refractivity contribution in [1.82, 2.24) is 15.5 Å². The van der Waals surface area contributed by atoms with E-state index in [0.29, 0.717) is 12.5 Å². The van der Waals surface area contributed by atoms with Crippen LogP contribution >= 0.6 is 35.6 Å². The highest BCUT2D eigenvalue weighted by Gasteiger charge is 2.24. The van der Waals surface area contributed by atoms with Crippen molar-refractivity contribution in [2.75, 3.05) is 51.8 Å². The van der Waals surface area contributed by atoms with E-state index in [1.165, 1.54) is 12.1 Å². The molecule has 3 rings (SSSR count). The van der Waals surface area contributed by atoms with Gasteiger partial charge in [0.05, 0.1) is 6.10 Å². The van der Waals surface area contributed by atoms with Crippen LogP contribution in [0.1, 0.15) is 25.7 Å². The van der Waals surface area contributed by atoms with E-state index < -0.39 is 0 Å². The van der Waals surface area contributed by atoms with Gasteiger partial charge in [-0.3, -0.25) is 4.79 Å². The first kappa shape index (κ1) is 25.0. The van der Waals surface area contributed by atoms with E-state index >= 15 is 0 Å². The Morgan fingerprint density at radius 3 is 2.70 bits per heavy atom. The fourth-order valence-corrected chi connectivity index (χ4v) is 3.70. The maximum absolute atomic E-state index is 12.0. The van der Waals surface area contributed by atoms with Gasteiger partial charge < -0.3 is 25.2 Å². The predicted molar refractivity (Wildman–Crippen MR) is 133 cm³/mol. The third-order valence-electron chi connectivity index (χ3n) is 5.36. The molecule has 9 heteroatoms. The van der Waals surface area contributed by atoms with E-state index in [-0.39, 0.29) is 48.6 Å². The molecule has 2 saturated heterocycles. The van der Waals surface area contributed by atoms with E-state index in [0.717, 1.165) is 44.0 Å². The Bertz CT molecular complexity index is 695. The zero-order valence-corrected chi connectivity index (χ0v) is 20.9. The minimum Gasteiger partial charge on any atom is -0.376 e. The van der Waals surface area contributed by atoms with Gasteiger partial charge in [-0.15, -0.1) is 24.0 Å². The third-order valence-corrected chi connectivity index (χ3v) is 5.62. The lowest BCUT2D eigenvalue weighted by Gasteiger charge is -2.25. The first-order valence-corrected chi connectivity index (χ1v) is 10.8.